The van der Waals surface area contributed by atoms with Gasteiger partial charge < -0.3 is 0 Å². The van der Waals surface area contributed by atoms with Gasteiger partial charge in [0, 0.05) is 15.6 Å². The first kappa shape index (κ1) is 12.9. The quantitative estimate of drug-likeness (QED) is 0.591. The Morgan fingerprint density at radius 2 is 1.74 bits per heavy atom. The predicted molar refractivity (Wildman–Crippen MR) is 85.7 cm³/mol. The van der Waals surface area contributed by atoms with Crippen molar-refractivity contribution in [3.63, 3.8) is 0 Å². The van der Waals surface area contributed by atoms with E-state index in [0.29, 0.717) is 6.42 Å². The van der Waals surface area contributed by atoms with Crippen molar-refractivity contribution in [3.05, 3.63) is 68.3 Å². The molecule has 0 heterocycles. The number of benzene rings is 2. The zero-order valence-electron chi connectivity index (χ0n) is 10.7. The molecule has 19 heavy (non-hydrogen) atoms. The van der Waals surface area contributed by atoms with Crippen LogP contribution in [0.3, 0.4) is 0 Å². The summed E-state index contributed by atoms with van der Waals surface area (Å²) >= 11 is 2.25. The van der Waals surface area contributed by atoms with Crippen LogP contribution in [0.15, 0.2) is 42.5 Å². The van der Waals surface area contributed by atoms with Gasteiger partial charge in [-0.3, -0.25) is 4.79 Å². The van der Waals surface area contributed by atoms with Crippen molar-refractivity contribution in [1.29, 1.82) is 0 Å². The van der Waals surface area contributed by atoms with Crippen molar-refractivity contribution in [2.24, 2.45) is 0 Å². The third kappa shape index (κ3) is 2.89. The molecule has 0 spiro atoms. The molecule has 0 saturated heterocycles. The smallest absolute Gasteiger partial charge is 0.167 e. The fourth-order valence-corrected chi connectivity index (χ4v) is 3.02. The molecule has 1 nitrogen and oxygen atoms in total. The average Bonchev–Trinajstić information content (AvgIpc) is 2.87. The average molecular weight is 362 g/mol. The van der Waals surface area contributed by atoms with E-state index in [9.17, 15) is 4.79 Å². The van der Waals surface area contributed by atoms with Gasteiger partial charge in [-0.2, -0.15) is 0 Å². The minimum Gasteiger partial charge on any atom is -0.294 e. The first-order valence-electron chi connectivity index (χ1n) is 6.62. The fourth-order valence-electron chi connectivity index (χ4n) is 2.66. The van der Waals surface area contributed by atoms with Gasteiger partial charge in [-0.25, -0.2) is 0 Å². The van der Waals surface area contributed by atoms with Crippen LogP contribution < -0.4 is 0 Å². The summed E-state index contributed by atoms with van der Waals surface area (Å²) in [6.07, 6.45) is 4.12. The Morgan fingerprint density at radius 1 is 1.00 bits per heavy atom. The molecule has 2 aromatic carbocycles. The molecule has 0 radical (unpaired) electrons. The normalized spacial score (nSPS) is 13.3. The molecular formula is C17H15IO. The van der Waals surface area contributed by atoms with Gasteiger partial charge in [0.05, 0.1) is 0 Å². The minimum absolute atomic E-state index is 0.203. The summed E-state index contributed by atoms with van der Waals surface area (Å²) < 4.78 is 1.16. The lowest BCUT2D eigenvalue weighted by Crippen LogP contribution is -2.04. The zero-order chi connectivity index (χ0) is 13.2. The Kier molecular flexibility index (Phi) is 3.69. The number of halogens is 1. The first-order chi connectivity index (χ1) is 9.22. The third-order valence-corrected chi connectivity index (χ3v) is 4.41. The molecule has 0 saturated carbocycles. The number of ketones is 1. The first-order valence-corrected chi connectivity index (χ1v) is 7.70. The summed E-state index contributed by atoms with van der Waals surface area (Å²) in [5, 5.41) is 0. The second kappa shape index (κ2) is 5.45. The van der Waals surface area contributed by atoms with Gasteiger partial charge in [0.1, 0.15) is 0 Å². The molecule has 3 rings (SSSR count). The number of rotatable bonds is 3. The van der Waals surface area contributed by atoms with Crippen molar-refractivity contribution in [2.45, 2.75) is 25.7 Å². The van der Waals surface area contributed by atoms with E-state index >= 15 is 0 Å². The van der Waals surface area contributed by atoms with E-state index in [1.807, 2.05) is 24.3 Å². The minimum atomic E-state index is 0.203. The molecule has 0 aromatic heterocycles. The predicted octanol–water partition coefficient (Wildman–Crippen LogP) is 4.21. The highest BCUT2D eigenvalue weighted by Crippen LogP contribution is 2.23. The summed E-state index contributed by atoms with van der Waals surface area (Å²) in [4.78, 5) is 12.2. The molecule has 0 N–H and O–H groups in total. The SMILES string of the molecule is O=C(Cc1ccc2c(c1)CCC2)c1ccc(I)cc1. The van der Waals surface area contributed by atoms with Crippen molar-refractivity contribution in [3.8, 4) is 0 Å². The van der Waals surface area contributed by atoms with Crippen LogP contribution in [0.1, 0.15) is 33.5 Å². The fraction of sp³-hybridized carbons (Fsp3) is 0.235. The van der Waals surface area contributed by atoms with E-state index in [2.05, 4.69) is 40.8 Å². The molecule has 1 aliphatic carbocycles. The van der Waals surface area contributed by atoms with Crippen LogP contribution in [0, 0.1) is 3.57 Å². The molecule has 2 heteroatoms. The van der Waals surface area contributed by atoms with Gasteiger partial charge in [0.25, 0.3) is 0 Å². The van der Waals surface area contributed by atoms with Gasteiger partial charge in [-0.05, 0) is 70.7 Å². The zero-order valence-corrected chi connectivity index (χ0v) is 12.8. The molecule has 1 aliphatic rings. The Morgan fingerprint density at radius 3 is 2.53 bits per heavy atom. The maximum absolute atomic E-state index is 12.2. The van der Waals surface area contributed by atoms with Crippen LogP contribution in [-0.4, -0.2) is 5.78 Å². The number of aryl methyl sites for hydroxylation is 2. The molecule has 2 aromatic rings. The number of hydrogen-bond acceptors (Lipinski definition) is 1. The lowest BCUT2D eigenvalue weighted by molar-refractivity contribution is 0.0993. The van der Waals surface area contributed by atoms with Gasteiger partial charge in [-0.1, -0.05) is 30.3 Å². The van der Waals surface area contributed by atoms with E-state index in [1.54, 1.807) is 0 Å². The molecule has 96 valence electrons. The summed E-state index contributed by atoms with van der Waals surface area (Å²) in [6, 6.07) is 14.3. The van der Waals surface area contributed by atoms with E-state index < -0.39 is 0 Å². The van der Waals surface area contributed by atoms with E-state index in [-0.39, 0.29) is 5.78 Å². The third-order valence-electron chi connectivity index (χ3n) is 3.69. The monoisotopic (exact) mass is 362 g/mol. The Hall–Kier alpha value is -1.16. The summed E-state index contributed by atoms with van der Waals surface area (Å²) in [5.41, 5.74) is 4.85. The van der Waals surface area contributed by atoms with Crippen LogP contribution in [0.5, 0.6) is 0 Å². The highest BCUT2D eigenvalue weighted by atomic mass is 127. The number of Topliss-reactive ketones (excluding diaryl/α,β-unsaturated/α-hetero) is 1. The highest BCUT2D eigenvalue weighted by molar-refractivity contribution is 14.1. The maximum atomic E-state index is 12.2. The second-order valence-corrected chi connectivity index (χ2v) is 6.31. The van der Waals surface area contributed by atoms with Gasteiger partial charge >= 0.3 is 0 Å². The number of fused-ring (bicyclic) bond motifs is 1. The largest absolute Gasteiger partial charge is 0.294 e. The Labute approximate surface area is 127 Å². The molecule has 0 bridgehead atoms. The van der Waals surface area contributed by atoms with Gasteiger partial charge in [-0.15, -0.1) is 0 Å². The number of carbonyl (C=O) groups is 1. The van der Waals surface area contributed by atoms with E-state index in [0.717, 1.165) is 14.7 Å². The molecule has 0 aliphatic heterocycles. The van der Waals surface area contributed by atoms with Crippen LogP contribution in [-0.2, 0) is 19.3 Å². The van der Waals surface area contributed by atoms with Crippen LogP contribution in [0.4, 0.5) is 0 Å². The van der Waals surface area contributed by atoms with Crippen LogP contribution in [0.25, 0.3) is 0 Å². The summed E-state index contributed by atoms with van der Waals surface area (Å²) in [5.74, 6) is 0.203. The van der Waals surface area contributed by atoms with Gasteiger partial charge in [0.15, 0.2) is 5.78 Å². The lowest BCUT2D eigenvalue weighted by atomic mass is 10.00. The number of carbonyl (C=O) groups excluding carboxylic acids is 1. The maximum Gasteiger partial charge on any atom is 0.167 e. The van der Waals surface area contributed by atoms with Crippen LogP contribution >= 0.6 is 22.6 Å². The Balaban J connectivity index is 1.77. The van der Waals surface area contributed by atoms with Crippen molar-refractivity contribution in [2.75, 3.05) is 0 Å². The summed E-state index contributed by atoms with van der Waals surface area (Å²) in [7, 11) is 0. The second-order valence-electron chi connectivity index (χ2n) is 5.06. The summed E-state index contributed by atoms with van der Waals surface area (Å²) in [6.45, 7) is 0. The molecule has 0 atom stereocenters. The van der Waals surface area contributed by atoms with Crippen molar-refractivity contribution < 1.29 is 4.79 Å². The van der Waals surface area contributed by atoms with Crippen molar-refractivity contribution >= 4 is 28.4 Å². The Bertz CT molecular complexity index is 614. The van der Waals surface area contributed by atoms with E-state index in [4.69, 9.17) is 0 Å². The number of hydrogen-bond donors (Lipinski definition) is 0. The topological polar surface area (TPSA) is 17.1 Å². The van der Waals surface area contributed by atoms with Crippen LogP contribution in [0.2, 0.25) is 0 Å². The van der Waals surface area contributed by atoms with E-state index in [1.165, 1.54) is 30.4 Å². The standard InChI is InChI=1S/C17H15IO/c18-16-8-6-14(7-9-16)17(19)11-12-4-5-13-2-1-3-15(13)10-12/h4-10H,1-3,11H2. The highest BCUT2D eigenvalue weighted by Gasteiger charge is 2.13. The van der Waals surface area contributed by atoms with Gasteiger partial charge in [0.2, 0.25) is 0 Å². The molecule has 0 unspecified atom stereocenters. The van der Waals surface area contributed by atoms with Crippen molar-refractivity contribution in [1.82, 2.24) is 0 Å². The molecular weight excluding hydrogens is 347 g/mol. The molecule has 0 amide bonds. The molecule has 0 fully saturated rings. The lowest BCUT2D eigenvalue weighted by Gasteiger charge is -2.05.